The van der Waals surface area contributed by atoms with E-state index >= 15 is 0 Å². The Bertz CT molecular complexity index is 315. The maximum atomic E-state index is 10.4. The number of aliphatic carboxylic acids is 1. The number of hydrogen-bond acceptors (Lipinski definition) is 1. The molecule has 0 fully saturated rings. The van der Waals surface area contributed by atoms with E-state index in [1.165, 1.54) is 11.4 Å². The van der Waals surface area contributed by atoms with Crippen LogP contribution in [0.4, 0.5) is 0 Å². The van der Waals surface area contributed by atoms with Gasteiger partial charge in [0.05, 0.1) is 0 Å². The maximum absolute atomic E-state index is 10.4. The van der Waals surface area contributed by atoms with Crippen LogP contribution >= 0.6 is 0 Å². The van der Waals surface area contributed by atoms with Crippen molar-refractivity contribution in [2.45, 2.75) is 39.7 Å². The summed E-state index contributed by atoms with van der Waals surface area (Å²) in [5, 5.41) is 8.53. The first kappa shape index (κ1) is 10.8. The van der Waals surface area contributed by atoms with Crippen LogP contribution in [0.3, 0.4) is 0 Å². The van der Waals surface area contributed by atoms with E-state index in [1.807, 2.05) is 0 Å². The van der Waals surface area contributed by atoms with Gasteiger partial charge < -0.3 is 9.67 Å². The van der Waals surface area contributed by atoms with Gasteiger partial charge >= 0.3 is 5.97 Å². The van der Waals surface area contributed by atoms with Crippen molar-refractivity contribution < 1.29 is 9.90 Å². The van der Waals surface area contributed by atoms with Crippen molar-refractivity contribution in [3.63, 3.8) is 0 Å². The zero-order valence-electron chi connectivity index (χ0n) is 8.79. The molecule has 14 heavy (non-hydrogen) atoms. The highest BCUT2D eigenvalue weighted by Gasteiger charge is 2.03. The average molecular weight is 195 g/mol. The molecule has 0 spiro atoms. The molecule has 1 heterocycles. The van der Waals surface area contributed by atoms with Gasteiger partial charge in [-0.05, 0) is 31.9 Å². The highest BCUT2D eigenvalue weighted by Crippen LogP contribution is 2.10. The molecule has 0 saturated carbocycles. The molecule has 1 N–H and O–H groups in total. The van der Waals surface area contributed by atoms with Crippen molar-refractivity contribution >= 4 is 5.97 Å². The average Bonchev–Trinajstić information content (AvgIpc) is 2.47. The van der Waals surface area contributed by atoms with E-state index in [2.05, 4.69) is 30.5 Å². The van der Waals surface area contributed by atoms with E-state index in [4.69, 9.17) is 5.11 Å². The predicted molar refractivity (Wildman–Crippen MR) is 55.4 cm³/mol. The number of aryl methyl sites for hydroxylation is 2. The molecule has 0 atom stereocenters. The van der Waals surface area contributed by atoms with E-state index in [0.717, 1.165) is 13.0 Å². The van der Waals surface area contributed by atoms with Crippen LogP contribution in [0.5, 0.6) is 0 Å². The van der Waals surface area contributed by atoms with E-state index in [9.17, 15) is 4.79 Å². The Hall–Kier alpha value is -1.25. The molecule has 0 saturated heterocycles. The zero-order chi connectivity index (χ0) is 10.6. The second-order valence-electron chi connectivity index (χ2n) is 3.47. The summed E-state index contributed by atoms with van der Waals surface area (Å²) in [7, 11) is 0. The standard InChI is InChI=1S/C11H17NO2/c1-3-10-7-6-9(2)12(10)8-4-5-11(13)14/h6-7H,3-5,8H2,1-2H3,(H,13,14). The number of hydrogen-bond donors (Lipinski definition) is 1. The number of nitrogens with zero attached hydrogens (tertiary/aromatic N) is 1. The highest BCUT2D eigenvalue weighted by molar-refractivity contribution is 5.66. The van der Waals surface area contributed by atoms with Gasteiger partial charge in [-0.25, -0.2) is 0 Å². The second kappa shape index (κ2) is 4.84. The topological polar surface area (TPSA) is 42.2 Å². The number of carbonyl (C=O) groups is 1. The normalized spacial score (nSPS) is 10.4. The Morgan fingerprint density at radius 3 is 2.79 bits per heavy atom. The van der Waals surface area contributed by atoms with Crippen LogP contribution in [0.2, 0.25) is 0 Å². The van der Waals surface area contributed by atoms with Crippen LogP contribution in [0, 0.1) is 6.92 Å². The molecule has 1 rings (SSSR count). The van der Waals surface area contributed by atoms with Crippen molar-refractivity contribution in [1.82, 2.24) is 4.57 Å². The Balaban J connectivity index is 2.56. The van der Waals surface area contributed by atoms with Crippen molar-refractivity contribution in [2.75, 3.05) is 0 Å². The van der Waals surface area contributed by atoms with Gasteiger partial charge in [0.15, 0.2) is 0 Å². The van der Waals surface area contributed by atoms with Gasteiger partial charge in [0.2, 0.25) is 0 Å². The lowest BCUT2D eigenvalue weighted by Crippen LogP contribution is -2.06. The molecular formula is C11H17NO2. The largest absolute Gasteiger partial charge is 0.481 e. The fraction of sp³-hybridized carbons (Fsp3) is 0.545. The number of rotatable bonds is 5. The maximum Gasteiger partial charge on any atom is 0.303 e. The summed E-state index contributed by atoms with van der Waals surface area (Å²) in [6, 6.07) is 4.19. The van der Waals surface area contributed by atoms with E-state index in [0.29, 0.717) is 6.42 Å². The van der Waals surface area contributed by atoms with Crippen LogP contribution in [-0.2, 0) is 17.8 Å². The summed E-state index contributed by atoms with van der Waals surface area (Å²) in [5.41, 5.74) is 2.50. The Labute approximate surface area is 84.4 Å². The zero-order valence-corrected chi connectivity index (χ0v) is 8.79. The van der Waals surface area contributed by atoms with Crippen LogP contribution in [0.25, 0.3) is 0 Å². The van der Waals surface area contributed by atoms with Crippen molar-refractivity contribution in [1.29, 1.82) is 0 Å². The van der Waals surface area contributed by atoms with Gasteiger partial charge in [0.25, 0.3) is 0 Å². The van der Waals surface area contributed by atoms with Crippen molar-refractivity contribution in [2.24, 2.45) is 0 Å². The Morgan fingerprint density at radius 1 is 1.50 bits per heavy atom. The third-order valence-corrected chi connectivity index (χ3v) is 2.42. The fourth-order valence-corrected chi connectivity index (χ4v) is 1.64. The molecule has 0 unspecified atom stereocenters. The van der Waals surface area contributed by atoms with Gasteiger partial charge in [-0.1, -0.05) is 6.92 Å². The minimum Gasteiger partial charge on any atom is -0.481 e. The number of carboxylic acid groups (broad SMARTS) is 1. The first-order valence-corrected chi connectivity index (χ1v) is 5.02. The van der Waals surface area contributed by atoms with Crippen LogP contribution in [0.15, 0.2) is 12.1 Å². The molecule has 0 amide bonds. The summed E-state index contributed by atoms with van der Waals surface area (Å²) in [6.07, 6.45) is 1.96. The van der Waals surface area contributed by atoms with Crippen LogP contribution in [0.1, 0.15) is 31.2 Å². The summed E-state index contributed by atoms with van der Waals surface area (Å²) >= 11 is 0. The minimum atomic E-state index is -0.715. The molecule has 0 aromatic carbocycles. The summed E-state index contributed by atoms with van der Waals surface area (Å²) < 4.78 is 2.20. The van der Waals surface area contributed by atoms with Gasteiger partial charge in [0, 0.05) is 24.4 Å². The van der Waals surface area contributed by atoms with Gasteiger partial charge in [-0.2, -0.15) is 0 Å². The quantitative estimate of drug-likeness (QED) is 0.782. The predicted octanol–water partition coefficient (Wildman–Crippen LogP) is 2.22. The van der Waals surface area contributed by atoms with Gasteiger partial charge in [0.1, 0.15) is 0 Å². The molecule has 1 aromatic heterocycles. The number of carboxylic acids is 1. The molecule has 0 radical (unpaired) electrons. The lowest BCUT2D eigenvalue weighted by molar-refractivity contribution is -0.137. The fourth-order valence-electron chi connectivity index (χ4n) is 1.64. The molecule has 0 aliphatic carbocycles. The summed E-state index contributed by atoms with van der Waals surface area (Å²) in [4.78, 5) is 10.4. The molecule has 0 aliphatic heterocycles. The van der Waals surface area contributed by atoms with E-state index < -0.39 is 5.97 Å². The van der Waals surface area contributed by atoms with E-state index in [-0.39, 0.29) is 6.42 Å². The lowest BCUT2D eigenvalue weighted by atomic mass is 10.3. The smallest absolute Gasteiger partial charge is 0.303 e. The molecule has 1 aromatic rings. The molecule has 78 valence electrons. The summed E-state index contributed by atoms with van der Waals surface area (Å²) in [5.74, 6) is -0.715. The lowest BCUT2D eigenvalue weighted by Gasteiger charge is -2.09. The molecule has 3 nitrogen and oxygen atoms in total. The third kappa shape index (κ3) is 2.62. The van der Waals surface area contributed by atoms with Gasteiger partial charge in [-0.3, -0.25) is 4.79 Å². The first-order valence-electron chi connectivity index (χ1n) is 5.02. The van der Waals surface area contributed by atoms with Crippen LogP contribution < -0.4 is 0 Å². The third-order valence-electron chi connectivity index (χ3n) is 2.42. The molecular weight excluding hydrogens is 178 g/mol. The number of aromatic nitrogens is 1. The SMILES string of the molecule is CCc1ccc(C)n1CCCC(=O)O. The molecule has 0 bridgehead atoms. The summed E-state index contributed by atoms with van der Waals surface area (Å²) in [6.45, 7) is 4.98. The minimum absolute atomic E-state index is 0.251. The Kier molecular flexibility index (Phi) is 3.74. The second-order valence-corrected chi connectivity index (χ2v) is 3.47. The van der Waals surface area contributed by atoms with Gasteiger partial charge in [-0.15, -0.1) is 0 Å². The van der Waals surface area contributed by atoms with Crippen molar-refractivity contribution in [3.05, 3.63) is 23.5 Å². The Morgan fingerprint density at radius 2 is 2.21 bits per heavy atom. The molecule has 3 heteroatoms. The van der Waals surface area contributed by atoms with Crippen molar-refractivity contribution in [3.8, 4) is 0 Å². The van der Waals surface area contributed by atoms with Crippen LogP contribution in [-0.4, -0.2) is 15.6 Å². The molecule has 0 aliphatic rings. The van der Waals surface area contributed by atoms with E-state index in [1.54, 1.807) is 0 Å². The highest BCUT2D eigenvalue weighted by atomic mass is 16.4. The monoisotopic (exact) mass is 195 g/mol. The first-order chi connectivity index (χ1) is 6.65.